The molecule has 3 heteroatoms. The quantitative estimate of drug-likeness (QED) is 0.263. The Labute approximate surface area is 182 Å². The smallest absolute Gasteiger partial charge is 0.177 e. The minimum Gasteiger partial charge on any atom is -0.494 e. The zero-order chi connectivity index (χ0) is 20.1. The van der Waals surface area contributed by atoms with E-state index >= 15 is 0 Å². The molecule has 1 aromatic heterocycles. The van der Waals surface area contributed by atoms with Gasteiger partial charge in [-0.05, 0) is 70.7 Å². The highest BCUT2D eigenvalue weighted by Gasteiger charge is 2.17. The first kappa shape index (κ1) is 20.8. The number of hydrogen-bond donors (Lipinski definition) is 0. The van der Waals surface area contributed by atoms with Gasteiger partial charge >= 0.3 is 0 Å². The maximum Gasteiger partial charge on any atom is 0.177 e. The molecule has 0 aliphatic rings. The highest BCUT2D eigenvalue weighted by molar-refractivity contribution is 14.1. The van der Waals surface area contributed by atoms with Crippen molar-refractivity contribution in [2.45, 2.75) is 46.6 Å². The zero-order valence-electron chi connectivity index (χ0n) is 17.2. The summed E-state index contributed by atoms with van der Waals surface area (Å²) in [4.78, 5) is 0. The molecule has 0 saturated heterocycles. The van der Waals surface area contributed by atoms with Crippen LogP contribution < -0.4 is 9.30 Å². The average molecular weight is 486 g/mol. The monoisotopic (exact) mass is 486 g/mol. The Balaban J connectivity index is 2.11. The van der Waals surface area contributed by atoms with Crippen LogP contribution in [-0.2, 0) is 6.54 Å². The van der Waals surface area contributed by atoms with Crippen molar-refractivity contribution in [3.8, 4) is 28.0 Å². The molecule has 3 aromatic rings. The van der Waals surface area contributed by atoms with Crippen LogP contribution in [0, 0.1) is 3.57 Å². The van der Waals surface area contributed by atoms with E-state index in [2.05, 4.69) is 110 Å². The Kier molecular flexibility index (Phi) is 7.11. The number of aromatic nitrogens is 1. The normalized spacial score (nSPS) is 11.1. The minimum atomic E-state index is 0.520. The van der Waals surface area contributed by atoms with Gasteiger partial charge in [0.15, 0.2) is 12.4 Å². The summed E-state index contributed by atoms with van der Waals surface area (Å²) in [5.74, 6) is 1.46. The van der Waals surface area contributed by atoms with Crippen molar-refractivity contribution < 1.29 is 9.30 Å². The van der Waals surface area contributed by atoms with Crippen LogP contribution in [0.2, 0.25) is 0 Å². The van der Waals surface area contributed by atoms with Crippen LogP contribution in [-0.4, -0.2) is 6.61 Å². The third-order valence-corrected chi connectivity index (χ3v) is 6.07. The fraction of sp³-hybridized carbons (Fsp3) is 0.320. The lowest BCUT2D eigenvalue weighted by Gasteiger charge is -2.13. The molecule has 28 heavy (non-hydrogen) atoms. The lowest BCUT2D eigenvalue weighted by atomic mass is 9.96. The van der Waals surface area contributed by atoms with Crippen molar-refractivity contribution in [2.24, 2.45) is 0 Å². The van der Waals surface area contributed by atoms with Gasteiger partial charge in [0.2, 0.25) is 0 Å². The SMILES string of the molecule is CCCOc1cccc(-c2c[n+](CC)cc(-c3cccc(C(C)C)c3)c2I)c1. The number of halogens is 1. The molecule has 0 amide bonds. The predicted octanol–water partition coefficient (Wildman–Crippen LogP) is 6.84. The third kappa shape index (κ3) is 4.75. The van der Waals surface area contributed by atoms with Crippen molar-refractivity contribution in [3.05, 3.63) is 70.1 Å². The van der Waals surface area contributed by atoms with Crippen LogP contribution in [0.25, 0.3) is 22.3 Å². The fourth-order valence-corrected chi connectivity index (χ4v) is 4.15. The molecule has 0 fully saturated rings. The molecule has 0 N–H and O–H groups in total. The van der Waals surface area contributed by atoms with Gasteiger partial charge < -0.3 is 4.74 Å². The molecule has 146 valence electrons. The number of ether oxygens (including phenoxy) is 1. The van der Waals surface area contributed by atoms with Gasteiger partial charge in [0.25, 0.3) is 0 Å². The predicted molar refractivity (Wildman–Crippen MR) is 126 cm³/mol. The van der Waals surface area contributed by atoms with Gasteiger partial charge in [-0.1, -0.05) is 57.2 Å². The molecule has 0 bridgehead atoms. The lowest BCUT2D eigenvalue weighted by Crippen LogP contribution is -2.32. The molecular weight excluding hydrogens is 457 g/mol. The van der Waals surface area contributed by atoms with E-state index in [1.165, 1.54) is 31.4 Å². The minimum absolute atomic E-state index is 0.520. The average Bonchev–Trinajstić information content (AvgIpc) is 2.72. The maximum absolute atomic E-state index is 5.86. The first-order valence-electron chi connectivity index (χ1n) is 10.1. The molecule has 3 rings (SSSR count). The summed E-state index contributed by atoms with van der Waals surface area (Å²) in [5.41, 5.74) is 6.37. The molecule has 0 spiro atoms. The molecular formula is C25H29INO+. The zero-order valence-corrected chi connectivity index (χ0v) is 19.4. The Morgan fingerprint density at radius 3 is 2.18 bits per heavy atom. The van der Waals surface area contributed by atoms with Gasteiger partial charge in [-0.25, -0.2) is 4.57 Å². The summed E-state index contributed by atoms with van der Waals surface area (Å²) in [6.07, 6.45) is 5.53. The van der Waals surface area contributed by atoms with Crippen LogP contribution in [0.15, 0.2) is 60.9 Å². The van der Waals surface area contributed by atoms with E-state index in [1.807, 2.05) is 6.07 Å². The molecule has 0 unspecified atom stereocenters. The summed E-state index contributed by atoms with van der Waals surface area (Å²) < 4.78 is 9.41. The van der Waals surface area contributed by atoms with Crippen molar-refractivity contribution in [1.29, 1.82) is 0 Å². The second-order valence-electron chi connectivity index (χ2n) is 7.39. The molecule has 0 atom stereocenters. The molecule has 0 radical (unpaired) electrons. The molecule has 0 aliphatic heterocycles. The van der Waals surface area contributed by atoms with Crippen molar-refractivity contribution >= 4 is 22.6 Å². The van der Waals surface area contributed by atoms with E-state index in [0.717, 1.165) is 25.3 Å². The van der Waals surface area contributed by atoms with Crippen molar-refractivity contribution in [3.63, 3.8) is 0 Å². The van der Waals surface area contributed by atoms with Gasteiger partial charge in [0, 0.05) is 3.57 Å². The standard InChI is InChI=1S/C25H29INO/c1-5-13-28-22-12-8-11-21(15-22)24-17-27(6-2)16-23(25(24)26)20-10-7-9-19(14-20)18(3)4/h7-12,14-18H,5-6,13H2,1-4H3/q+1. The maximum atomic E-state index is 5.86. The summed E-state index contributed by atoms with van der Waals surface area (Å²) >= 11 is 2.50. The number of benzene rings is 2. The summed E-state index contributed by atoms with van der Waals surface area (Å²) in [6.45, 7) is 10.5. The summed E-state index contributed by atoms with van der Waals surface area (Å²) in [6, 6.07) is 17.4. The van der Waals surface area contributed by atoms with E-state index in [4.69, 9.17) is 4.74 Å². The molecule has 0 saturated carbocycles. The second-order valence-corrected chi connectivity index (χ2v) is 8.47. The highest BCUT2D eigenvalue weighted by Crippen LogP contribution is 2.34. The molecule has 2 aromatic carbocycles. The third-order valence-electron chi connectivity index (χ3n) is 4.91. The van der Waals surface area contributed by atoms with E-state index < -0.39 is 0 Å². The van der Waals surface area contributed by atoms with Crippen molar-refractivity contribution in [2.75, 3.05) is 6.61 Å². The summed E-state index contributed by atoms with van der Waals surface area (Å²) in [7, 11) is 0. The van der Waals surface area contributed by atoms with Crippen LogP contribution >= 0.6 is 22.6 Å². The Morgan fingerprint density at radius 2 is 1.57 bits per heavy atom. The highest BCUT2D eigenvalue weighted by atomic mass is 127. The van der Waals surface area contributed by atoms with E-state index in [-0.39, 0.29) is 0 Å². The number of nitrogens with zero attached hydrogens (tertiary/aromatic N) is 1. The Morgan fingerprint density at radius 1 is 0.929 bits per heavy atom. The molecule has 0 aliphatic carbocycles. The Bertz CT molecular complexity index is 949. The van der Waals surface area contributed by atoms with Gasteiger partial charge in [-0.3, -0.25) is 0 Å². The van der Waals surface area contributed by atoms with Gasteiger partial charge in [-0.15, -0.1) is 0 Å². The molecule has 2 nitrogen and oxygen atoms in total. The van der Waals surface area contributed by atoms with Crippen molar-refractivity contribution in [1.82, 2.24) is 0 Å². The van der Waals surface area contributed by atoms with Crippen LogP contribution in [0.5, 0.6) is 5.75 Å². The lowest BCUT2D eigenvalue weighted by molar-refractivity contribution is -0.692. The van der Waals surface area contributed by atoms with Gasteiger partial charge in [-0.2, -0.15) is 0 Å². The Hall–Kier alpha value is -1.88. The number of hydrogen-bond acceptors (Lipinski definition) is 1. The number of pyridine rings is 1. The first-order valence-corrected chi connectivity index (χ1v) is 11.2. The molecule has 1 heterocycles. The van der Waals surface area contributed by atoms with Crippen LogP contribution in [0.1, 0.15) is 45.6 Å². The summed E-state index contributed by atoms with van der Waals surface area (Å²) in [5, 5.41) is 0. The largest absolute Gasteiger partial charge is 0.494 e. The van der Waals surface area contributed by atoms with E-state index in [1.54, 1.807) is 0 Å². The fourth-order valence-electron chi connectivity index (χ4n) is 3.25. The number of rotatable bonds is 7. The topological polar surface area (TPSA) is 13.1 Å². The van der Waals surface area contributed by atoms with E-state index in [9.17, 15) is 0 Å². The van der Waals surface area contributed by atoms with Crippen LogP contribution in [0.3, 0.4) is 0 Å². The van der Waals surface area contributed by atoms with Crippen LogP contribution in [0.4, 0.5) is 0 Å². The van der Waals surface area contributed by atoms with E-state index in [0.29, 0.717) is 5.92 Å². The second kappa shape index (κ2) is 9.55. The van der Waals surface area contributed by atoms with Gasteiger partial charge in [0.1, 0.15) is 12.3 Å². The first-order chi connectivity index (χ1) is 13.5. The van der Waals surface area contributed by atoms with Gasteiger partial charge in [0.05, 0.1) is 17.7 Å². The number of aryl methyl sites for hydroxylation is 1.